The van der Waals surface area contributed by atoms with Gasteiger partial charge in [-0.25, -0.2) is 0 Å². The predicted octanol–water partition coefficient (Wildman–Crippen LogP) is 3.20. The van der Waals surface area contributed by atoms with Crippen LogP contribution in [0.15, 0.2) is 58.2 Å². The highest BCUT2D eigenvalue weighted by molar-refractivity contribution is 7.99. The molecule has 3 aromatic rings. The number of carbonyl (C=O) groups is 1. The number of carbonyl (C=O) groups excluding carboxylic acids is 1. The number of benzene rings is 2. The Labute approximate surface area is 167 Å². The van der Waals surface area contributed by atoms with Crippen molar-refractivity contribution in [3.05, 3.63) is 54.1 Å². The SMILES string of the molecule is COc1ccc(-c2nnc(SCC(=O)NCCc3ccccc3)o2)c(OC)c1. The minimum absolute atomic E-state index is 0.0808. The Bertz CT molecular complexity index is 915. The molecule has 1 N–H and O–H groups in total. The van der Waals surface area contributed by atoms with Gasteiger partial charge in [0, 0.05) is 12.6 Å². The van der Waals surface area contributed by atoms with Crippen molar-refractivity contribution in [2.24, 2.45) is 0 Å². The first kappa shape index (κ1) is 19.8. The molecule has 0 aliphatic heterocycles. The Hall–Kier alpha value is -3.00. The summed E-state index contributed by atoms with van der Waals surface area (Å²) in [5.41, 5.74) is 1.85. The largest absolute Gasteiger partial charge is 0.497 e. The number of ether oxygens (including phenoxy) is 2. The number of nitrogens with one attached hydrogen (secondary N) is 1. The second-order valence-electron chi connectivity index (χ2n) is 5.81. The van der Waals surface area contributed by atoms with Gasteiger partial charge in [-0.05, 0) is 24.1 Å². The lowest BCUT2D eigenvalue weighted by molar-refractivity contribution is -0.118. The first-order valence-corrected chi connectivity index (χ1v) is 9.67. The van der Waals surface area contributed by atoms with Crippen molar-refractivity contribution in [3.63, 3.8) is 0 Å². The zero-order valence-corrected chi connectivity index (χ0v) is 16.5. The standard InChI is InChI=1S/C20H21N3O4S/c1-25-15-8-9-16(17(12-15)26-2)19-22-23-20(27-19)28-13-18(24)21-11-10-14-6-4-3-5-7-14/h3-9,12H,10-11,13H2,1-2H3,(H,21,24). The van der Waals surface area contributed by atoms with E-state index < -0.39 is 0 Å². The maximum absolute atomic E-state index is 12.0. The molecule has 0 saturated carbocycles. The molecule has 0 aliphatic rings. The average Bonchev–Trinajstić information content (AvgIpc) is 3.21. The summed E-state index contributed by atoms with van der Waals surface area (Å²) in [6, 6.07) is 15.3. The number of hydrogen-bond acceptors (Lipinski definition) is 7. The van der Waals surface area contributed by atoms with Gasteiger partial charge in [0.05, 0.1) is 25.5 Å². The van der Waals surface area contributed by atoms with Crippen LogP contribution in [0.3, 0.4) is 0 Å². The van der Waals surface area contributed by atoms with Crippen LogP contribution in [-0.4, -0.2) is 42.6 Å². The lowest BCUT2D eigenvalue weighted by atomic mass is 10.1. The highest BCUT2D eigenvalue weighted by Crippen LogP contribution is 2.33. The summed E-state index contributed by atoms with van der Waals surface area (Å²) in [5.74, 6) is 1.69. The summed E-state index contributed by atoms with van der Waals surface area (Å²) in [6.45, 7) is 0.585. The van der Waals surface area contributed by atoms with Crippen LogP contribution in [0.2, 0.25) is 0 Å². The lowest BCUT2D eigenvalue weighted by Gasteiger charge is -2.07. The highest BCUT2D eigenvalue weighted by Gasteiger charge is 2.15. The molecule has 2 aromatic carbocycles. The molecule has 7 nitrogen and oxygen atoms in total. The van der Waals surface area contributed by atoms with E-state index in [1.54, 1.807) is 32.4 Å². The summed E-state index contributed by atoms with van der Waals surface area (Å²) >= 11 is 1.19. The summed E-state index contributed by atoms with van der Waals surface area (Å²) in [4.78, 5) is 12.0. The van der Waals surface area contributed by atoms with Crippen molar-refractivity contribution in [1.82, 2.24) is 15.5 Å². The maximum Gasteiger partial charge on any atom is 0.277 e. The van der Waals surface area contributed by atoms with Crippen LogP contribution in [0.1, 0.15) is 5.56 Å². The van der Waals surface area contributed by atoms with Gasteiger partial charge in [-0.1, -0.05) is 42.1 Å². The summed E-state index contributed by atoms with van der Waals surface area (Å²) in [6.07, 6.45) is 0.791. The van der Waals surface area contributed by atoms with Crippen molar-refractivity contribution < 1.29 is 18.7 Å². The van der Waals surface area contributed by atoms with Crippen LogP contribution in [0.25, 0.3) is 11.5 Å². The van der Waals surface area contributed by atoms with Crippen LogP contribution in [0.5, 0.6) is 11.5 Å². The Morgan fingerprint density at radius 2 is 1.93 bits per heavy atom. The molecule has 0 saturated heterocycles. The molecule has 0 radical (unpaired) electrons. The molecule has 0 aliphatic carbocycles. The van der Waals surface area contributed by atoms with Crippen molar-refractivity contribution in [2.75, 3.05) is 26.5 Å². The van der Waals surface area contributed by atoms with Crippen LogP contribution in [-0.2, 0) is 11.2 Å². The number of nitrogens with zero attached hydrogens (tertiary/aromatic N) is 2. The maximum atomic E-state index is 12.0. The van der Waals surface area contributed by atoms with Gasteiger partial charge < -0.3 is 19.2 Å². The number of aromatic nitrogens is 2. The smallest absolute Gasteiger partial charge is 0.277 e. The quantitative estimate of drug-likeness (QED) is 0.553. The summed E-state index contributed by atoms with van der Waals surface area (Å²) in [5, 5.41) is 11.2. The van der Waals surface area contributed by atoms with E-state index in [2.05, 4.69) is 15.5 Å². The summed E-state index contributed by atoms with van der Waals surface area (Å²) in [7, 11) is 3.14. The van der Waals surface area contributed by atoms with Crippen molar-refractivity contribution in [2.45, 2.75) is 11.6 Å². The molecular weight excluding hydrogens is 378 g/mol. The van der Waals surface area contributed by atoms with E-state index in [1.165, 1.54) is 17.3 Å². The Morgan fingerprint density at radius 1 is 1.11 bits per heavy atom. The second kappa shape index (κ2) is 9.80. The molecule has 0 fully saturated rings. The number of thioether (sulfide) groups is 1. The van der Waals surface area contributed by atoms with Gasteiger partial charge >= 0.3 is 0 Å². The molecule has 1 heterocycles. The Balaban J connectivity index is 1.51. The molecule has 146 valence electrons. The third kappa shape index (κ3) is 5.26. The van der Waals surface area contributed by atoms with Crippen LogP contribution in [0.4, 0.5) is 0 Å². The van der Waals surface area contributed by atoms with Gasteiger partial charge in [-0.3, -0.25) is 4.79 Å². The van der Waals surface area contributed by atoms with E-state index in [9.17, 15) is 4.79 Å². The first-order chi connectivity index (χ1) is 13.7. The third-order valence-electron chi connectivity index (χ3n) is 3.95. The van der Waals surface area contributed by atoms with Crippen molar-refractivity contribution in [3.8, 4) is 23.0 Å². The van der Waals surface area contributed by atoms with E-state index in [1.807, 2.05) is 30.3 Å². The fourth-order valence-corrected chi connectivity index (χ4v) is 3.11. The predicted molar refractivity (Wildman–Crippen MR) is 107 cm³/mol. The van der Waals surface area contributed by atoms with E-state index >= 15 is 0 Å². The molecule has 8 heteroatoms. The minimum atomic E-state index is -0.0808. The van der Waals surface area contributed by atoms with Gasteiger partial charge in [-0.15, -0.1) is 10.2 Å². The minimum Gasteiger partial charge on any atom is -0.497 e. The van der Waals surface area contributed by atoms with E-state index in [4.69, 9.17) is 13.9 Å². The van der Waals surface area contributed by atoms with Gasteiger partial charge in [0.25, 0.3) is 11.1 Å². The van der Waals surface area contributed by atoms with Gasteiger partial charge in [0.2, 0.25) is 5.91 Å². The first-order valence-electron chi connectivity index (χ1n) is 8.69. The van der Waals surface area contributed by atoms with Crippen LogP contribution >= 0.6 is 11.8 Å². The fraction of sp³-hybridized carbons (Fsp3) is 0.250. The van der Waals surface area contributed by atoms with E-state index in [0.717, 1.165) is 6.42 Å². The molecular formula is C20H21N3O4S. The average molecular weight is 399 g/mol. The molecule has 0 spiro atoms. The highest BCUT2D eigenvalue weighted by atomic mass is 32.2. The topological polar surface area (TPSA) is 86.5 Å². The Morgan fingerprint density at radius 3 is 2.68 bits per heavy atom. The molecule has 1 amide bonds. The number of methoxy groups -OCH3 is 2. The van der Waals surface area contributed by atoms with Gasteiger partial charge in [0.1, 0.15) is 11.5 Å². The Kier molecular flexibility index (Phi) is 6.91. The molecule has 3 rings (SSSR count). The number of rotatable bonds is 9. The normalized spacial score (nSPS) is 10.5. The number of hydrogen-bond donors (Lipinski definition) is 1. The zero-order chi connectivity index (χ0) is 19.8. The van der Waals surface area contributed by atoms with Crippen molar-refractivity contribution in [1.29, 1.82) is 0 Å². The molecule has 0 atom stereocenters. The van der Waals surface area contributed by atoms with Crippen molar-refractivity contribution >= 4 is 17.7 Å². The van der Waals surface area contributed by atoms with E-state index in [0.29, 0.717) is 34.7 Å². The summed E-state index contributed by atoms with van der Waals surface area (Å²) < 4.78 is 16.2. The van der Waals surface area contributed by atoms with Crippen LogP contribution < -0.4 is 14.8 Å². The molecule has 0 bridgehead atoms. The third-order valence-corrected chi connectivity index (χ3v) is 4.77. The molecule has 0 unspecified atom stereocenters. The van der Waals surface area contributed by atoms with E-state index in [-0.39, 0.29) is 11.7 Å². The molecule has 1 aromatic heterocycles. The zero-order valence-electron chi connectivity index (χ0n) is 15.7. The second-order valence-corrected chi connectivity index (χ2v) is 6.74. The number of amides is 1. The fourth-order valence-electron chi connectivity index (χ4n) is 2.52. The van der Waals surface area contributed by atoms with Gasteiger partial charge in [0.15, 0.2) is 0 Å². The monoisotopic (exact) mass is 399 g/mol. The lowest BCUT2D eigenvalue weighted by Crippen LogP contribution is -2.27. The van der Waals surface area contributed by atoms with Crippen LogP contribution in [0, 0.1) is 0 Å². The molecule has 28 heavy (non-hydrogen) atoms. The van der Waals surface area contributed by atoms with Gasteiger partial charge in [-0.2, -0.15) is 0 Å².